The number of fused-ring (bicyclic) bond motifs is 1. The van der Waals surface area contributed by atoms with E-state index >= 15 is 0 Å². The summed E-state index contributed by atoms with van der Waals surface area (Å²) in [5.41, 5.74) is 1.71. The third kappa shape index (κ3) is 3.30. The van der Waals surface area contributed by atoms with Crippen LogP contribution in [0.2, 0.25) is 0 Å². The second-order valence-electron chi connectivity index (χ2n) is 5.38. The molecule has 0 radical (unpaired) electrons. The summed E-state index contributed by atoms with van der Waals surface area (Å²) in [6.45, 7) is 4.99. The Labute approximate surface area is 144 Å². The number of nitrogens with zero attached hydrogens (tertiary/aromatic N) is 1. The molecular formula is C20H17BrFN. The first-order valence-corrected chi connectivity index (χ1v) is 8.26. The van der Waals surface area contributed by atoms with Gasteiger partial charge in [-0.15, -0.1) is 6.58 Å². The highest BCUT2D eigenvalue weighted by atomic mass is 79.9. The van der Waals surface area contributed by atoms with Gasteiger partial charge in [-0.25, -0.2) is 4.39 Å². The van der Waals surface area contributed by atoms with Crippen LogP contribution in [0.3, 0.4) is 0 Å². The number of para-hydroxylation sites is 1. The van der Waals surface area contributed by atoms with Gasteiger partial charge in [0.05, 0.1) is 5.69 Å². The molecule has 0 N–H and O–H groups in total. The van der Waals surface area contributed by atoms with Crippen LogP contribution < -0.4 is 4.90 Å². The Hall–Kier alpha value is -2.13. The molecule has 0 aliphatic carbocycles. The maximum atomic E-state index is 14.1. The monoisotopic (exact) mass is 369 g/mol. The molecule has 0 bridgehead atoms. The van der Waals surface area contributed by atoms with E-state index in [0.717, 1.165) is 15.4 Å². The van der Waals surface area contributed by atoms with Crippen LogP contribution in [0.25, 0.3) is 10.8 Å². The summed E-state index contributed by atoms with van der Waals surface area (Å²) in [6, 6.07) is 19.3. The zero-order valence-corrected chi connectivity index (χ0v) is 14.3. The minimum atomic E-state index is -0.216. The number of anilines is 1. The number of hydrogen-bond donors (Lipinski definition) is 0. The Morgan fingerprint density at radius 1 is 1.00 bits per heavy atom. The number of benzene rings is 3. The minimum absolute atomic E-state index is 0.216. The normalized spacial score (nSPS) is 10.7. The molecular weight excluding hydrogens is 353 g/mol. The van der Waals surface area contributed by atoms with Gasteiger partial charge in [0, 0.05) is 17.6 Å². The van der Waals surface area contributed by atoms with Crippen molar-refractivity contribution in [1.29, 1.82) is 0 Å². The summed E-state index contributed by atoms with van der Waals surface area (Å²) in [5, 5.41) is 2.35. The predicted molar refractivity (Wildman–Crippen MR) is 99.3 cm³/mol. The van der Waals surface area contributed by atoms with Crippen molar-refractivity contribution in [3.05, 3.63) is 89.2 Å². The predicted octanol–water partition coefficient (Wildman–Crippen LogP) is 5.93. The highest BCUT2D eigenvalue weighted by molar-refractivity contribution is 9.10. The standard InChI is InChI=1S/C20H17BrFN/c1-2-13-23(19-10-6-5-9-18(19)22)14-16-12-11-15-7-3-4-8-17(15)20(16)21/h2-12H,1,13-14H2. The van der Waals surface area contributed by atoms with Gasteiger partial charge in [-0.05, 0) is 44.4 Å². The molecule has 0 fully saturated rings. The first kappa shape index (κ1) is 15.8. The quantitative estimate of drug-likeness (QED) is 0.503. The van der Waals surface area contributed by atoms with E-state index in [2.05, 4.69) is 46.8 Å². The molecule has 0 atom stereocenters. The van der Waals surface area contributed by atoms with E-state index in [0.29, 0.717) is 18.8 Å². The van der Waals surface area contributed by atoms with Crippen molar-refractivity contribution < 1.29 is 4.39 Å². The van der Waals surface area contributed by atoms with E-state index < -0.39 is 0 Å². The third-order valence-electron chi connectivity index (χ3n) is 3.85. The fourth-order valence-corrected chi connectivity index (χ4v) is 3.34. The maximum Gasteiger partial charge on any atom is 0.146 e. The summed E-state index contributed by atoms with van der Waals surface area (Å²) >= 11 is 3.71. The summed E-state index contributed by atoms with van der Waals surface area (Å²) in [7, 11) is 0. The molecule has 0 saturated heterocycles. The minimum Gasteiger partial charge on any atom is -0.361 e. The lowest BCUT2D eigenvalue weighted by molar-refractivity contribution is 0.619. The van der Waals surface area contributed by atoms with Crippen LogP contribution in [0.5, 0.6) is 0 Å². The van der Waals surface area contributed by atoms with Crippen molar-refractivity contribution in [3.63, 3.8) is 0 Å². The van der Waals surface area contributed by atoms with Crippen LogP contribution in [0.4, 0.5) is 10.1 Å². The van der Waals surface area contributed by atoms with Gasteiger partial charge in [0.15, 0.2) is 0 Å². The van der Waals surface area contributed by atoms with Gasteiger partial charge in [-0.3, -0.25) is 0 Å². The van der Waals surface area contributed by atoms with Crippen LogP contribution in [0.15, 0.2) is 77.8 Å². The molecule has 0 heterocycles. The van der Waals surface area contributed by atoms with Gasteiger partial charge in [-0.1, -0.05) is 54.6 Å². The number of hydrogen-bond acceptors (Lipinski definition) is 1. The van der Waals surface area contributed by atoms with Crippen LogP contribution in [0.1, 0.15) is 5.56 Å². The van der Waals surface area contributed by atoms with Crippen molar-refractivity contribution in [2.24, 2.45) is 0 Å². The molecule has 1 nitrogen and oxygen atoms in total. The average Bonchev–Trinajstić information content (AvgIpc) is 2.57. The first-order chi connectivity index (χ1) is 11.2. The fraction of sp³-hybridized carbons (Fsp3) is 0.100. The average molecular weight is 370 g/mol. The summed E-state index contributed by atoms with van der Waals surface area (Å²) < 4.78 is 15.2. The van der Waals surface area contributed by atoms with Gasteiger partial charge in [-0.2, -0.15) is 0 Å². The molecule has 0 spiro atoms. The fourth-order valence-electron chi connectivity index (χ4n) is 2.72. The van der Waals surface area contributed by atoms with Crippen LogP contribution in [-0.2, 0) is 6.54 Å². The second kappa shape index (κ2) is 6.97. The zero-order chi connectivity index (χ0) is 16.2. The van der Waals surface area contributed by atoms with Gasteiger partial charge in [0.2, 0.25) is 0 Å². The number of rotatable bonds is 5. The molecule has 23 heavy (non-hydrogen) atoms. The first-order valence-electron chi connectivity index (χ1n) is 7.47. The largest absolute Gasteiger partial charge is 0.361 e. The van der Waals surface area contributed by atoms with E-state index in [1.165, 1.54) is 11.5 Å². The van der Waals surface area contributed by atoms with Crippen LogP contribution in [0, 0.1) is 5.82 Å². The highest BCUT2D eigenvalue weighted by Gasteiger charge is 2.13. The molecule has 0 amide bonds. The maximum absolute atomic E-state index is 14.1. The third-order valence-corrected chi connectivity index (χ3v) is 4.78. The molecule has 0 unspecified atom stereocenters. The van der Waals surface area contributed by atoms with Gasteiger partial charge >= 0.3 is 0 Å². The molecule has 3 rings (SSSR count). The molecule has 116 valence electrons. The van der Waals surface area contributed by atoms with E-state index in [1.54, 1.807) is 18.2 Å². The second-order valence-corrected chi connectivity index (χ2v) is 6.17. The van der Waals surface area contributed by atoms with Gasteiger partial charge in [0.1, 0.15) is 5.82 Å². The summed E-state index contributed by atoms with van der Waals surface area (Å²) in [5.74, 6) is -0.216. The molecule has 0 aliphatic rings. The SMILES string of the molecule is C=CCN(Cc1ccc2ccccc2c1Br)c1ccccc1F. The van der Waals surface area contributed by atoms with Crippen LogP contribution >= 0.6 is 15.9 Å². The molecule has 3 aromatic carbocycles. The van der Waals surface area contributed by atoms with Gasteiger partial charge in [0.25, 0.3) is 0 Å². The van der Waals surface area contributed by atoms with Crippen molar-refractivity contribution >= 4 is 32.4 Å². The Morgan fingerprint density at radius 3 is 2.52 bits per heavy atom. The molecule has 0 saturated carbocycles. The van der Waals surface area contributed by atoms with Gasteiger partial charge < -0.3 is 4.90 Å². The van der Waals surface area contributed by atoms with Crippen molar-refractivity contribution in [2.75, 3.05) is 11.4 Å². The van der Waals surface area contributed by atoms with E-state index in [-0.39, 0.29) is 5.82 Å². The highest BCUT2D eigenvalue weighted by Crippen LogP contribution is 2.30. The summed E-state index contributed by atoms with van der Waals surface area (Å²) in [4.78, 5) is 1.98. The Balaban J connectivity index is 1.99. The smallest absolute Gasteiger partial charge is 0.146 e. The van der Waals surface area contributed by atoms with Crippen molar-refractivity contribution in [1.82, 2.24) is 0 Å². The van der Waals surface area contributed by atoms with Crippen molar-refractivity contribution in [2.45, 2.75) is 6.54 Å². The lowest BCUT2D eigenvalue weighted by Gasteiger charge is -2.25. The Kier molecular flexibility index (Phi) is 4.77. The summed E-state index contributed by atoms with van der Waals surface area (Å²) in [6.07, 6.45) is 1.79. The van der Waals surface area contributed by atoms with E-state index in [9.17, 15) is 4.39 Å². The topological polar surface area (TPSA) is 3.24 Å². The zero-order valence-electron chi connectivity index (χ0n) is 12.7. The molecule has 0 aromatic heterocycles. The Morgan fingerprint density at radius 2 is 1.74 bits per heavy atom. The number of halogens is 2. The Bertz CT molecular complexity index is 844. The molecule has 3 heteroatoms. The molecule has 3 aromatic rings. The lowest BCUT2D eigenvalue weighted by Crippen LogP contribution is -2.23. The molecule has 0 aliphatic heterocycles. The van der Waals surface area contributed by atoms with E-state index in [4.69, 9.17) is 0 Å². The van der Waals surface area contributed by atoms with E-state index in [1.807, 2.05) is 23.1 Å². The van der Waals surface area contributed by atoms with Crippen LogP contribution in [-0.4, -0.2) is 6.54 Å². The lowest BCUT2D eigenvalue weighted by atomic mass is 10.1. The van der Waals surface area contributed by atoms with Crippen molar-refractivity contribution in [3.8, 4) is 0 Å².